The Bertz CT molecular complexity index is 743. The van der Waals surface area contributed by atoms with Gasteiger partial charge in [-0.3, -0.25) is 0 Å². The van der Waals surface area contributed by atoms with Crippen LogP contribution in [-0.4, -0.2) is 46.3 Å². The average molecular weight is 366 g/mol. The van der Waals surface area contributed by atoms with Crippen LogP contribution in [0, 0.1) is 6.92 Å². The van der Waals surface area contributed by atoms with Crippen LogP contribution < -0.4 is 9.80 Å². The van der Waals surface area contributed by atoms with E-state index in [1.54, 1.807) is 0 Å². The summed E-state index contributed by atoms with van der Waals surface area (Å²) in [7, 11) is 1.98. The van der Waals surface area contributed by atoms with E-state index in [0.717, 1.165) is 37.4 Å². The lowest BCUT2D eigenvalue weighted by Crippen LogP contribution is -2.35. The fourth-order valence-corrected chi connectivity index (χ4v) is 2.96. The number of aryl methyl sites for hydroxylation is 1. The molecule has 26 heavy (non-hydrogen) atoms. The molecule has 1 fully saturated rings. The van der Waals surface area contributed by atoms with Crippen LogP contribution >= 0.6 is 0 Å². The third-order valence-corrected chi connectivity index (χ3v) is 4.75. The second-order valence-electron chi connectivity index (χ2n) is 6.93. The molecule has 2 aromatic heterocycles. The summed E-state index contributed by atoms with van der Waals surface area (Å²) in [5, 5.41) is 3.71. The predicted molar refractivity (Wildman–Crippen MR) is 93.8 cm³/mol. The number of hydrogen-bond acceptors (Lipinski definition) is 7. The molecule has 0 bridgehead atoms. The Labute approximate surface area is 151 Å². The van der Waals surface area contributed by atoms with E-state index >= 15 is 0 Å². The van der Waals surface area contributed by atoms with Gasteiger partial charge in [-0.25, -0.2) is 4.98 Å². The van der Waals surface area contributed by atoms with Crippen molar-refractivity contribution in [2.45, 2.75) is 52.0 Å². The van der Waals surface area contributed by atoms with Gasteiger partial charge in [0.2, 0.25) is 5.95 Å². The van der Waals surface area contributed by atoms with Crippen molar-refractivity contribution in [2.75, 3.05) is 29.9 Å². The minimum absolute atomic E-state index is 0.0308. The molecule has 0 N–H and O–H groups in total. The van der Waals surface area contributed by atoms with Crippen molar-refractivity contribution in [2.24, 2.45) is 0 Å². The highest BCUT2D eigenvalue weighted by atomic mass is 19.3. The number of aromatic nitrogens is 4. The van der Waals surface area contributed by atoms with Crippen LogP contribution in [-0.2, 0) is 0 Å². The van der Waals surface area contributed by atoms with Crippen LogP contribution in [0.5, 0.6) is 0 Å². The molecular formula is C17H24F2N6O. The van der Waals surface area contributed by atoms with E-state index in [4.69, 9.17) is 4.98 Å². The Balaban J connectivity index is 1.69. The Morgan fingerprint density at radius 3 is 2.46 bits per heavy atom. The molecule has 3 heterocycles. The third kappa shape index (κ3) is 3.91. The van der Waals surface area contributed by atoms with E-state index < -0.39 is 12.3 Å². The number of alkyl halides is 2. The molecule has 1 aliphatic rings. The van der Waals surface area contributed by atoms with Gasteiger partial charge in [0.1, 0.15) is 5.82 Å². The molecule has 2 aromatic rings. The highest BCUT2D eigenvalue weighted by Crippen LogP contribution is 2.30. The second-order valence-corrected chi connectivity index (χ2v) is 6.93. The molecule has 1 aliphatic heterocycles. The Morgan fingerprint density at radius 2 is 1.88 bits per heavy atom. The largest absolute Gasteiger partial charge is 0.356 e. The maximum Gasteiger partial charge on any atom is 0.315 e. The lowest BCUT2D eigenvalue weighted by molar-refractivity contribution is 0.106. The topological polar surface area (TPSA) is 71.2 Å². The van der Waals surface area contributed by atoms with Gasteiger partial charge in [0, 0.05) is 43.9 Å². The summed E-state index contributed by atoms with van der Waals surface area (Å²) in [6.07, 6.45) is -1.20. The van der Waals surface area contributed by atoms with Gasteiger partial charge in [0.05, 0.1) is 0 Å². The molecule has 0 aliphatic carbocycles. The lowest BCUT2D eigenvalue weighted by atomic mass is 9.96. The monoisotopic (exact) mass is 366 g/mol. The number of anilines is 2. The average Bonchev–Trinajstić information content (AvgIpc) is 3.11. The lowest BCUT2D eigenvalue weighted by Gasteiger charge is -2.32. The first-order valence-electron chi connectivity index (χ1n) is 8.80. The predicted octanol–water partition coefficient (Wildman–Crippen LogP) is 3.33. The van der Waals surface area contributed by atoms with Crippen LogP contribution in [0.15, 0.2) is 10.6 Å². The third-order valence-electron chi connectivity index (χ3n) is 4.75. The SMILES string of the molecule is Cc1cc(N2CCC(c3noc(C(F)F)n3)CC2)nc(N(C)C(C)C)n1. The molecule has 7 nitrogen and oxygen atoms in total. The van der Waals surface area contributed by atoms with E-state index in [0.29, 0.717) is 17.8 Å². The van der Waals surface area contributed by atoms with Crippen LogP contribution in [0.3, 0.4) is 0 Å². The molecule has 1 saturated heterocycles. The summed E-state index contributed by atoms with van der Waals surface area (Å²) >= 11 is 0. The zero-order chi connectivity index (χ0) is 18.8. The number of halogens is 2. The summed E-state index contributed by atoms with van der Waals surface area (Å²) in [6.45, 7) is 7.65. The van der Waals surface area contributed by atoms with E-state index in [1.807, 2.05) is 24.9 Å². The van der Waals surface area contributed by atoms with Crippen LogP contribution in [0.25, 0.3) is 0 Å². The zero-order valence-corrected chi connectivity index (χ0v) is 15.5. The number of hydrogen-bond donors (Lipinski definition) is 0. The van der Waals surface area contributed by atoms with Gasteiger partial charge in [-0.1, -0.05) is 5.16 Å². The molecule has 142 valence electrons. The van der Waals surface area contributed by atoms with Crippen molar-refractivity contribution >= 4 is 11.8 Å². The molecule has 3 rings (SSSR count). The van der Waals surface area contributed by atoms with Crippen LogP contribution in [0.2, 0.25) is 0 Å². The molecule has 0 saturated carbocycles. The molecule has 0 spiro atoms. The van der Waals surface area contributed by atoms with E-state index in [9.17, 15) is 8.78 Å². The summed E-state index contributed by atoms with van der Waals surface area (Å²) in [4.78, 5) is 17.3. The van der Waals surface area contributed by atoms with Crippen molar-refractivity contribution in [3.8, 4) is 0 Å². The normalized spacial score (nSPS) is 15.9. The van der Waals surface area contributed by atoms with Gasteiger partial charge in [-0.15, -0.1) is 0 Å². The standard InChI is InChI=1S/C17H24F2N6O/c1-10(2)24(4)17-20-11(3)9-13(21-17)25-7-5-12(6-8-25)15-22-16(14(18)19)26-23-15/h9-10,12,14H,5-8H2,1-4H3. The van der Waals surface area contributed by atoms with Gasteiger partial charge >= 0.3 is 6.43 Å². The number of piperidine rings is 1. The molecule has 0 unspecified atom stereocenters. The molecule has 0 aromatic carbocycles. The van der Waals surface area contributed by atoms with Crippen molar-refractivity contribution < 1.29 is 13.3 Å². The minimum atomic E-state index is -2.73. The molecule has 0 atom stereocenters. The van der Waals surface area contributed by atoms with E-state index in [-0.39, 0.29) is 5.92 Å². The summed E-state index contributed by atoms with van der Waals surface area (Å²) in [6, 6.07) is 2.28. The van der Waals surface area contributed by atoms with Gasteiger partial charge in [-0.05, 0) is 33.6 Å². The maximum absolute atomic E-state index is 12.6. The molecule has 0 amide bonds. The minimum Gasteiger partial charge on any atom is -0.356 e. The van der Waals surface area contributed by atoms with E-state index in [2.05, 4.69) is 38.4 Å². The molecule has 0 radical (unpaired) electrons. The Hall–Kier alpha value is -2.32. The first kappa shape index (κ1) is 18.5. The highest BCUT2D eigenvalue weighted by Gasteiger charge is 2.27. The second kappa shape index (κ2) is 7.51. The van der Waals surface area contributed by atoms with E-state index in [1.165, 1.54) is 0 Å². The first-order valence-corrected chi connectivity index (χ1v) is 8.80. The summed E-state index contributed by atoms with van der Waals surface area (Å²) in [5.41, 5.74) is 0.916. The number of nitrogens with zero attached hydrogens (tertiary/aromatic N) is 6. The quantitative estimate of drug-likeness (QED) is 0.804. The smallest absolute Gasteiger partial charge is 0.315 e. The highest BCUT2D eigenvalue weighted by molar-refractivity contribution is 5.46. The summed E-state index contributed by atoms with van der Waals surface area (Å²) < 4.78 is 29.8. The van der Waals surface area contributed by atoms with Gasteiger partial charge in [0.25, 0.3) is 5.89 Å². The number of rotatable bonds is 5. The van der Waals surface area contributed by atoms with Crippen molar-refractivity contribution in [1.29, 1.82) is 0 Å². The zero-order valence-electron chi connectivity index (χ0n) is 15.5. The van der Waals surface area contributed by atoms with Crippen LogP contribution in [0.4, 0.5) is 20.5 Å². The first-order chi connectivity index (χ1) is 12.3. The van der Waals surface area contributed by atoms with Gasteiger partial charge in [0.15, 0.2) is 5.82 Å². The fourth-order valence-electron chi connectivity index (χ4n) is 2.96. The summed E-state index contributed by atoms with van der Waals surface area (Å²) in [5.74, 6) is 1.40. The van der Waals surface area contributed by atoms with Crippen molar-refractivity contribution in [1.82, 2.24) is 20.1 Å². The fraction of sp³-hybridized carbons (Fsp3) is 0.647. The van der Waals surface area contributed by atoms with Crippen LogP contribution in [0.1, 0.15) is 56.4 Å². The maximum atomic E-state index is 12.6. The van der Waals surface area contributed by atoms with Gasteiger partial charge in [-0.2, -0.15) is 18.7 Å². The molecule has 9 heteroatoms. The Kier molecular flexibility index (Phi) is 5.33. The van der Waals surface area contributed by atoms with Crippen molar-refractivity contribution in [3.63, 3.8) is 0 Å². The van der Waals surface area contributed by atoms with Crippen molar-refractivity contribution in [3.05, 3.63) is 23.5 Å². The Morgan fingerprint density at radius 1 is 1.19 bits per heavy atom. The van der Waals surface area contributed by atoms with Gasteiger partial charge < -0.3 is 14.3 Å². The molecular weight excluding hydrogens is 342 g/mol.